The maximum absolute atomic E-state index is 12.3. The van der Waals surface area contributed by atoms with Gasteiger partial charge in [-0.2, -0.15) is 0 Å². The van der Waals surface area contributed by atoms with Crippen LogP contribution in [0.3, 0.4) is 0 Å². The highest BCUT2D eigenvalue weighted by atomic mass is 35.5. The number of hydrogen-bond acceptors (Lipinski definition) is 5. The second-order valence-electron chi connectivity index (χ2n) is 4.81. The van der Waals surface area contributed by atoms with Crippen molar-refractivity contribution in [3.05, 3.63) is 39.3 Å². The molecule has 0 radical (unpaired) electrons. The molecule has 1 aromatic heterocycles. The number of amides is 1. The Hall–Kier alpha value is -2.12. The van der Waals surface area contributed by atoms with E-state index in [1.54, 1.807) is 30.5 Å². The Bertz CT molecular complexity index is 732. The van der Waals surface area contributed by atoms with E-state index in [1.807, 2.05) is 0 Å². The largest absolute Gasteiger partial charge is 0.495 e. The molecular weight excluding hydrogens is 340 g/mol. The Morgan fingerprint density at radius 2 is 2.22 bits per heavy atom. The molecule has 2 N–H and O–H groups in total. The summed E-state index contributed by atoms with van der Waals surface area (Å²) in [4.78, 5) is 27.1. The number of nitrogens with one attached hydrogen (secondary N) is 1. The summed E-state index contributed by atoms with van der Waals surface area (Å²) in [5.41, 5.74) is 1.000. The average Bonchev–Trinajstić information content (AvgIpc) is 2.94. The number of hydrogen-bond donors (Lipinski definition) is 2. The highest BCUT2D eigenvalue weighted by Crippen LogP contribution is 2.28. The Morgan fingerprint density at radius 1 is 1.48 bits per heavy atom. The van der Waals surface area contributed by atoms with E-state index >= 15 is 0 Å². The molecule has 2 rings (SSSR count). The first-order chi connectivity index (χ1) is 10.9. The van der Waals surface area contributed by atoms with Gasteiger partial charge < -0.3 is 15.2 Å². The first-order valence-electron chi connectivity index (χ1n) is 6.71. The van der Waals surface area contributed by atoms with E-state index in [-0.39, 0.29) is 12.3 Å². The highest BCUT2D eigenvalue weighted by molar-refractivity contribution is 7.09. The zero-order valence-corrected chi connectivity index (χ0v) is 14.1. The summed E-state index contributed by atoms with van der Waals surface area (Å²) in [5, 5.41) is 14.1. The van der Waals surface area contributed by atoms with Crippen LogP contribution in [0.1, 0.15) is 23.5 Å². The minimum Gasteiger partial charge on any atom is -0.495 e. The molecule has 0 aliphatic carbocycles. The van der Waals surface area contributed by atoms with Gasteiger partial charge in [-0.05, 0) is 25.1 Å². The minimum absolute atomic E-state index is 0.154. The van der Waals surface area contributed by atoms with Crippen molar-refractivity contribution in [2.24, 2.45) is 0 Å². The molecule has 2 aromatic rings. The number of benzene rings is 1. The van der Waals surface area contributed by atoms with Gasteiger partial charge >= 0.3 is 5.97 Å². The van der Waals surface area contributed by atoms with Crippen LogP contribution < -0.4 is 10.1 Å². The van der Waals surface area contributed by atoms with Crippen molar-refractivity contribution in [2.45, 2.75) is 19.3 Å². The summed E-state index contributed by atoms with van der Waals surface area (Å²) in [7, 11) is 1.51. The number of aliphatic carboxylic acids is 1. The number of ether oxygens (including phenoxy) is 1. The summed E-state index contributed by atoms with van der Waals surface area (Å²) in [5.74, 6) is -1.17. The fourth-order valence-electron chi connectivity index (χ4n) is 1.86. The molecular formula is C15H15ClN2O4S. The molecule has 0 bridgehead atoms. The first kappa shape index (κ1) is 17.2. The normalized spacial score (nSPS) is 11.8. The number of halogens is 1. The second-order valence-corrected chi connectivity index (χ2v) is 6.10. The zero-order valence-electron chi connectivity index (χ0n) is 12.5. The number of anilines is 1. The molecule has 1 aromatic carbocycles. The number of methoxy groups -OCH3 is 1. The smallest absolute Gasteiger partial charge is 0.309 e. The van der Waals surface area contributed by atoms with Crippen molar-refractivity contribution >= 4 is 40.5 Å². The molecule has 6 nitrogen and oxygen atoms in total. The monoisotopic (exact) mass is 354 g/mol. The van der Waals surface area contributed by atoms with E-state index in [0.29, 0.717) is 27.2 Å². The summed E-state index contributed by atoms with van der Waals surface area (Å²) < 4.78 is 5.06. The molecule has 0 saturated heterocycles. The van der Waals surface area contributed by atoms with Gasteiger partial charge in [-0.25, -0.2) is 4.98 Å². The Balaban J connectivity index is 2.06. The topological polar surface area (TPSA) is 88.5 Å². The molecule has 1 heterocycles. The van der Waals surface area contributed by atoms with Gasteiger partial charge in [-0.15, -0.1) is 11.3 Å². The van der Waals surface area contributed by atoms with Gasteiger partial charge in [0.15, 0.2) is 0 Å². The van der Waals surface area contributed by atoms with E-state index < -0.39 is 11.9 Å². The maximum atomic E-state index is 12.3. The lowest BCUT2D eigenvalue weighted by molar-refractivity contribution is -0.136. The lowest BCUT2D eigenvalue weighted by atomic mass is 10.1. The quantitative estimate of drug-likeness (QED) is 0.831. The van der Waals surface area contributed by atoms with Gasteiger partial charge in [0.25, 0.3) is 0 Å². The van der Waals surface area contributed by atoms with Crippen molar-refractivity contribution in [1.82, 2.24) is 4.98 Å². The molecule has 1 amide bonds. The molecule has 0 fully saturated rings. The third-order valence-electron chi connectivity index (χ3n) is 3.08. The van der Waals surface area contributed by atoms with Crippen molar-refractivity contribution in [3.63, 3.8) is 0 Å². The Morgan fingerprint density at radius 3 is 2.83 bits per heavy atom. The first-order valence-corrected chi connectivity index (χ1v) is 7.97. The van der Waals surface area contributed by atoms with Gasteiger partial charge in [0.2, 0.25) is 5.91 Å². The van der Waals surface area contributed by atoms with Gasteiger partial charge in [-0.3, -0.25) is 9.59 Å². The SMILES string of the molecule is COc1ccc(NC(=O)[C@@H](C)c2nc(CC(=O)O)cs2)cc1Cl. The minimum atomic E-state index is -0.952. The highest BCUT2D eigenvalue weighted by Gasteiger charge is 2.20. The maximum Gasteiger partial charge on any atom is 0.309 e. The predicted octanol–water partition coefficient (Wildman–Crippen LogP) is 3.17. The third kappa shape index (κ3) is 4.43. The Labute approximate surface area is 142 Å². The van der Waals surface area contributed by atoms with Crippen molar-refractivity contribution in [3.8, 4) is 5.75 Å². The molecule has 8 heteroatoms. The Kier molecular flexibility index (Phi) is 5.57. The van der Waals surface area contributed by atoms with E-state index in [2.05, 4.69) is 10.3 Å². The summed E-state index contributed by atoms with van der Waals surface area (Å²) in [6.45, 7) is 1.71. The number of thiazole rings is 1. The van der Waals surface area contributed by atoms with Crippen LogP contribution in [0.15, 0.2) is 23.6 Å². The molecule has 23 heavy (non-hydrogen) atoms. The van der Waals surface area contributed by atoms with Gasteiger partial charge in [0.05, 0.1) is 30.2 Å². The molecule has 0 spiro atoms. The van der Waals surface area contributed by atoms with Crippen LogP contribution in [0.4, 0.5) is 5.69 Å². The van der Waals surface area contributed by atoms with Crippen LogP contribution >= 0.6 is 22.9 Å². The fourth-order valence-corrected chi connectivity index (χ4v) is 3.00. The number of aromatic nitrogens is 1. The number of nitrogens with zero attached hydrogens (tertiary/aromatic N) is 1. The fraction of sp³-hybridized carbons (Fsp3) is 0.267. The van der Waals surface area contributed by atoms with E-state index in [9.17, 15) is 9.59 Å². The van der Waals surface area contributed by atoms with E-state index in [4.69, 9.17) is 21.4 Å². The number of rotatable bonds is 6. The van der Waals surface area contributed by atoms with Crippen LogP contribution in [0.25, 0.3) is 0 Å². The predicted molar refractivity (Wildman–Crippen MR) is 88.5 cm³/mol. The van der Waals surface area contributed by atoms with Crippen LogP contribution in [-0.4, -0.2) is 29.1 Å². The molecule has 0 unspecified atom stereocenters. The zero-order chi connectivity index (χ0) is 17.0. The molecule has 122 valence electrons. The van der Waals surface area contributed by atoms with E-state index in [0.717, 1.165) is 0 Å². The molecule has 1 atom stereocenters. The van der Waals surface area contributed by atoms with Crippen LogP contribution in [0, 0.1) is 0 Å². The number of carboxylic acids is 1. The van der Waals surface area contributed by atoms with Crippen LogP contribution in [-0.2, 0) is 16.0 Å². The summed E-state index contributed by atoms with van der Waals surface area (Å²) in [6.07, 6.45) is -0.154. The average molecular weight is 355 g/mol. The molecule has 0 aliphatic heterocycles. The van der Waals surface area contributed by atoms with Gasteiger partial charge in [-0.1, -0.05) is 11.6 Å². The summed E-state index contributed by atoms with van der Waals surface area (Å²) in [6, 6.07) is 4.95. The van der Waals surface area contributed by atoms with Crippen LogP contribution in [0.2, 0.25) is 5.02 Å². The van der Waals surface area contributed by atoms with Gasteiger partial charge in [0.1, 0.15) is 10.8 Å². The van der Waals surface area contributed by atoms with Crippen LogP contribution in [0.5, 0.6) is 5.75 Å². The summed E-state index contributed by atoms with van der Waals surface area (Å²) >= 11 is 7.29. The number of carbonyl (C=O) groups is 2. The van der Waals surface area contributed by atoms with Gasteiger partial charge in [0, 0.05) is 11.1 Å². The molecule has 0 aliphatic rings. The van der Waals surface area contributed by atoms with Crippen molar-refractivity contribution in [1.29, 1.82) is 0 Å². The second kappa shape index (κ2) is 7.43. The lowest BCUT2D eigenvalue weighted by Crippen LogP contribution is -2.18. The van der Waals surface area contributed by atoms with Crippen molar-refractivity contribution < 1.29 is 19.4 Å². The standard InChI is InChI=1S/C15H15ClN2O4S/c1-8(15-18-10(7-23-15)6-13(19)20)14(21)17-9-3-4-12(22-2)11(16)5-9/h3-5,7-8H,6H2,1-2H3,(H,17,21)(H,19,20)/t8-/m1/s1. The molecule has 0 saturated carbocycles. The number of carbonyl (C=O) groups excluding carboxylic acids is 1. The third-order valence-corrected chi connectivity index (χ3v) is 4.46. The van der Waals surface area contributed by atoms with Crippen molar-refractivity contribution in [2.75, 3.05) is 12.4 Å². The lowest BCUT2D eigenvalue weighted by Gasteiger charge is -2.11. The number of carboxylic acid groups (broad SMARTS) is 1. The van der Waals surface area contributed by atoms with E-state index in [1.165, 1.54) is 18.4 Å².